The van der Waals surface area contributed by atoms with E-state index in [2.05, 4.69) is 27.2 Å². The molecule has 23 heavy (non-hydrogen) atoms. The number of hydrogen-bond donors (Lipinski definition) is 1. The van der Waals surface area contributed by atoms with Gasteiger partial charge in [-0.3, -0.25) is 9.78 Å². The van der Waals surface area contributed by atoms with E-state index in [1.54, 1.807) is 23.1 Å². The van der Waals surface area contributed by atoms with Crippen LogP contribution in [0.2, 0.25) is 0 Å². The summed E-state index contributed by atoms with van der Waals surface area (Å²) in [4.78, 5) is 19.6. The van der Waals surface area contributed by atoms with E-state index in [1.807, 2.05) is 36.4 Å². The molecule has 2 aromatic carbocycles. The Balaban J connectivity index is 1.76. The lowest BCUT2D eigenvalue weighted by atomic mass is 10.0. The molecule has 2 aromatic heterocycles. The molecule has 0 saturated carbocycles. The van der Waals surface area contributed by atoms with E-state index in [9.17, 15) is 4.79 Å². The molecule has 0 aliphatic heterocycles. The van der Waals surface area contributed by atoms with Crippen molar-refractivity contribution in [1.82, 2.24) is 19.7 Å². The van der Waals surface area contributed by atoms with Crippen molar-refractivity contribution in [3.05, 3.63) is 88.5 Å². The fourth-order valence-corrected chi connectivity index (χ4v) is 2.62. The fourth-order valence-electron chi connectivity index (χ4n) is 2.62. The van der Waals surface area contributed by atoms with Gasteiger partial charge in [0.2, 0.25) is 5.95 Å². The van der Waals surface area contributed by atoms with Crippen molar-refractivity contribution in [2.45, 2.75) is 6.42 Å². The van der Waals surface area contributed by atoms with Gasteiger partial charge in [-0.15, -0.1) is 0 Å². The highest BCUT2D eigenvalue weighted by molar-refractivity contribution is 5.78. The SMILES string of the molecule is O=c1[nH]c(-n2cccn2)nc2ccc(Cc3ccccc3)cc12. The van der Waals surface area contributed by atoms with Crippen molar-refractivity contribution >= 4 is 10.9 Å². The van der Waals surface area contributed by atoms with E-state index in [1.165, 1.54) is 5.56 Å². The summed E-state index contributed by atoms with van der Waals surface area (Å²) in [6.45, 7) is 0. The minimum absolute atomic E-state index is 0.157. The largest absolute Gasteiger partial charge is 0.290 e. The standard InChI is InChI=1S/C18H14N4O/c23-17-15-12-14(11-13-5-2-1-3-6-13)7-8-16(15)20-18(21-17)22-10-4-9-19-22/h1-10,12H,11H2,(H,20,21,23). The zero-order valence-electron chi connectivity index (χ0n) is 12.3. The number of aromatic nitrogens is 4. The predicted octanol–water partition coefficient (Wildman–Crippen LogP) is 2.70. The summed E-state index contributed by atoms with van der Waals surface area (Å²) < 4.78 is 1.54. The Kier molecular flexibility index (Phi) is 3.24. The van der Waals surface area contributed by atoms with Crippen LogP contribution in [-0.4, -0.2) is 19.7 Å². The molecule has 0 aliphatic carbocycles. The monoisotopic (exact) mass is 302 g/mol. The van der Waals surface area contributed by atoms with Crippen LogP contribution in [0.3, 0.4) is 0 Å². The van der Waals surface area contributed by atoms with E-state index in [-0.39, 0.29) is 5.56 Å². The van der Waals surface area contributed by atoms with E-state index < -0.39 is 0 Å². The number of fused-ring (bicyclic) bond motifs is 1. The van der Waals surface area contributed by atoms with Gasteiger partial charge < -0.3 is 0 Å². The summed E-state index contributed by atoms with van der Waals surface area (Å²) in [7, 11) is 0. The molecule has 5 nitrogen and oxygen atoms in total. The number of benzene rings is 2. The van der Waals surface area contributed by atoms with Gasteiger partial charge >= 0.3 is 0 Å². The molecule has 0 aliphatic rings. The molecule has 112 valence electrons. The Labute approximate surface area is 132 Å². The summed E-state index contributed by atoms with van der Waals surface area (Å²) in [6.07, 6.45) is 4.18. The van der Waals surface area contributed by atoms with Gasteiger partial charge in [0.15, 0.2) is 0 Å². The molecule has 5 heteroatoms. The third kappa shape index (κ3) is 2.64. The maximum atomic E-state index is 12.4. The third-order valence-corrected chi connectivity index (χ3v) is 3.73. The second-order valence-electron chi connectivity index (χ2n) is 5.35. The number of nitrogens with zero attached hydrogens (tertiary/aromatic N) is 3. The smallest absolute Gasteiger partial charge is 0.260 e. The average molecular weight is 302 g/mol. The summed E-state index contributed by atoms with van der Waals surface area (Å²) in [5.74, 6) is 0.420. The first-order chi connectivity index (χ1) is 11.3. The quantitative estimate of drug-likeness (QED) is 0.633. The van der Waals surface area contributed by atoms with Crippen LogP contribution in [0.25, 0.3) is 16.9 Å². The lowest BCUT2D eigenvalue weighted by molar-refractivity contribution is 0.810. The molecule has 0 saturated heterocycles. The molecule has 4 rings (SSSR count). The number of H-pyrrole nitrogens is 1. The first-order valence-electron chi connectivity index (χ1n) is 7.36. The molecule has 0 unspecified atom stereocenters. The van der Waals surface area contributed by atoms with Crippen molar-refractivity contribution in [2.75, 3.05) is 0 Å². The molecular formula is C18H14N4O. The summed E-state index contributed by atoms with van der Waals surface area (Å²) in [5, 5.41) is 4.68. The number of hydrogen-bond acceptors (Lipinski definition) is 3. The predicted molar refractivity (Wildman–Crippen MR) is 88.7 cm³/mol. The Morgan fingerprint density at radius 1 is 1.00 bits per heavy atom. The fraction of sp³-hybridized carbons (Fsp3) is 0.0556. The average Bonchev–Trinajstić information content (AvgIpc) is 3.11. The second-order valence-corrected chi connectivity index (χ2v) is 5.35. The minimum Gasteiger partial charge on any atom is -0.290 e. The van der Waals surface area contributed by atoms with Gasteiger partial charge in [-0.2, -0.15) is 5.10 Å². The zero-order chi connectivity index (χ0) is 15.6. The van der Waals surface area contributed by atoms with Gasteiger partial charge in [0.1, 0.15) is 0 Å². The van der Waals surface area contributed by atoms with Crippen LogP contribution in [0.4, 0.5) is 0 Å². The van der Waals surface area contributed by atoms with Crippen LogP contribution in [0.1, 0.15) is 11.1 Å². The van der Waals surface area contributed by atoms with Crippen molar-refractivity contribution in [1.29, 1.82) is 0 Å². The normalized spacial score (nSPS) is 11.0. The number of nitrogens with one attached hydrogen (secondary N) is 1. The maximum absolute atomic E-state index is 12.4. The van der Waals surface area contributed by atoms with Gasteiger partial charge in [-0.25, -0.2) is 9.67 Å². The highest BCUT2D eigenvalue weighted by atomic mass is 16.1. The molecule has 0 fully saturated rings. The number of aromatic amines is 1. The van der Waals surface area contributed by atoms with E-state index in [0.29, 0.717) is 16.9 Å². The van der Waals surface area contributed by atoms with Crippen LogP contribution in [0, 0.1) is 0 Å². The first-order valence-corrected chi connectivity index (χ1v) is 7.36. The van der Waals surface area contributed by atoms with Gasteiger partial charge in [0, 0.05) is 12.4 Å². The molecule has 4 aromatic rings. The van der Waals surface area contributed by atoms with Gasteiger partial charge in [-0.1, -0.05) is 36.4 Å². The Morgan fingerprint density at radius 2 is 1.87 bits per heavy atom. The number of rotatable bonds is 3. The molecular weight excluding hydrogens is 288 g/mol. The zero-order valence-corrected chi connectivity index (χ0v) is 12.3. The Hall–Kier alpha value is -3.21. The lowest BCUT2D eigenvalue weighted by Gasteiger charge is -2.05. The highest BCUT2D eigenvalue weighted by Crippen LogP contribution is 2.15. The molecule has 2 heterocycles. The lowest BCUT2D eigenvalue weighted by Crippen LogP contribution is -2.14. The summed E-state index contributed by atoms with van der Waals surface area (Å²) in [6, 6.07) is 17.8. The van der Waals surface area contributed by atoms with Crippen molar-refractivity contribution < 1.29 is 0 Å². The van der Waals surface area contributed by atoms with E-state index in [4.69, 9.17) is 0 Å². The van der Waals surface area contributed by atoms with Crippen LogP contribution in [-0.2, 0) is 6.42 Å². The molecule has 1 N–H and O–H groups in total. The van der Waals surface area contributed by atoms with Gasteiger partial charge in [-0.05, 0) is 35.7 Å². The van der Waals surface area contributed by atoms with Crippen LogP contribution in [0.5, 0.6) is 0 Å². The van der Waals surface area contributed by atoms with Crippen molar-refractivity contribution in [3.8, 4) is 5.95 Å². The molecule has 0 radical (unpaired) electrons. The topological polar surface area (TPSA) is 63.6 Å². The Morgan fingerprint density at radius 3 is 2.65 bits per heavy atom. The maximum Gasteiger partial charge on any atom is 0.260 e. The molecule has 0 bridgehead atoms. The third-order valence-electron chi connectivity index (χ3n) is 3.73. The molecule has 0 spiro atoms. The van der Waals surface area contributed by atoms with Gasteiger partial charge in [0.25, 0.3) is 5.56 Å². The Bertz CT molecular complexity index is 1000. The second kappa shape index (κ2) is 5.53. The molecule has 0 atom stereocenters. The summed E-state index contributed by atoms with van der Waals surface area (Å²) >= 11 is 0. The van der Waals surface area contributed by atoms with Crippen LogP contribution in [0.15, 0.2) is 71.8 Å². The first kappa shape index (κ1) is 13.5. The van der Waals surface area contributed by atoms with Crippen molar-refractivity contribution in [3.63, 3.8) is 0 Å². The minimum atomic E-state index is -0.157. The van der Waals surface area contributed by atoms with Crippen LogP contribution < -0.4 is 5.56 Å². The van der Waals surface area contributed by atoms with E-state index in [0.717, 1.165) is 12.0 Å². The van der Waals surface area contributed by atoms with Crippen LogP contribution >= 0.6 is 0 Å². The van der Waals surface area contributed by atoms with E-state index >= 15 is 0 Å². The van der Waals surface area contributed by atoms with Crippen molar-refractivity contribution in [2.24, 2.45) is 0 Å². The molecule has 0 amide bonds. The van der Waals surface area contributed by atoms with Gasteiger partial charge in [0.05, 0.1) is 10.9 Å². The summed E-state index contributed by atoms with van der Waals surface area (Å²) in [5.41, 5.74) is 2.80. The highest BCUT2D eigenvalue weighted by Gasteiger charge is 2.07.